The van der Waals surface area contributed by atoms with Gasteiger partial charge >= 0.3 is 0 Å². The van der Waals surface area contributed by atoms with Crippen LogP contribution in [0.1, 0.15) is 38.7 Å². The third-order valence-corrected chi connectivity index (χ3v) is 3.93. The monoisotopic (exact) mass is 253 g/mol. The second-order valence-electron chi connectivity index (χ2n) is 4.66. The van der Waals surface area contributed by atoms with Crippen LogP contribution in [0.25, 0.3) is 0 Å². The van der Waals surface area contributed by atoms with Gasteiger partial charge in [0.2, 0.25) is 0 Å². The van der Waals surface area contributed by atoms with Gasteiger partial charge in [-0.05, 0) is 32.1 Å². The molecule has 0 unspecified atom stereocenters. The fourth-order valence-corrected chi connectivity index (χ4v) is 2.57. The SMILES string of the molecule is CCc1c(Cl)ncnc1N(CC)CC1CCC1. The van der Waals surface area contributed by atoms with E-state index in [0.29, 0.717) is 5.15 Å². The summed E-state index contributed by atoms with van der Waals surface area (Å²) in [6.45, 7) is 6.37. The summed E-state index contributed by atoms with van der Waals surface area (Å²) >= 11 is 6.14. The summed E-state index contributed by atoms with van der Waals surface area (Å²) in [5.41, 5.74) is 1.08. The molecule has 0 saturated heterocycles. The van der Waals surface area contributed by atoms with Crippen LogP contribution in [0.3, 0.4) is 0 Å². The molecule has 1 aromatic rings. The zero-order valence-electron chi connectivity index (χ0n) is 10.6. The van der Waals surface area contributed by atoms with Crippen molar-refractivity contribution in [1.29, 1.82) is 0 Å². The minimum Gasteiger partial charge on any atom is -0.356 e. The number of nitrogens with zero attached hydrogens (tertiary/aromatic N) is 3. The maximum Gasteiger partial charge on any atom is 0.137 e. The van der Waals surface area contributed by atoms with Crippen LogP contribution in [0.15, 0.2) is 6.33 Å². The molecule has 1 aliphatic carbocycles. The molecule has 0 aliphatic heterocycles. The first-order chi connectivity index (χ1) is 8.26. The first kappa shape index (κ1) is 12.6. The van der Waals surface area contributed by atoms with E-state index in [1.165, 1.54) is 19.3 Å². The van der Waals surface area contributed by atoms with Gasteiger partial charge in [0.25, 0.3) is 0 Å². The van der Waals surface area contributed by atoms with Crippen LogP contribution in [0, 0.1) is 5.92 Å². The highest BCUT2D eigenvalue weighted by atomic mass is 35.5. The van der Waals surface area contributed by atoms with Gasteiger partial charge in [0.15, 0.2) is 0 Å². The van der Waals surface area contributed by atoms with Gasteiger partial charge in [-0.25, -0.2) is 9.97 Å². The van der Waals surface area contributed by atoms with E-state index in [0.717, 1.165) is 36.8 Å². The number of rotatable bonds is 5. The van der Waals surface area contributed by atoms with E-state index < -0.39 is 0 Å². The summed E-state index contributed by atoms with van der Waals surface area (Å²) < 4.78 is 0. The molecule has 1 heterocycles. The third kappa shape index (κ3) is 2.71. The largest absolute Gasteiger partial charge is 0.356 e. The molecule has 4 heteroatoms. The Labute approximate surface area is 108 Å². The van der Waals surface area contributed by atoms with Crippen molar-refractivity contribution >= 4 is 17.4 Å². The molecule has 94 valence electrons. The van der Waals surface area contributed by atoms with Crippen molar-refractivity contribution in [2.45, 2.75) is 39.5 Å². The minimum atomic E-state index is 0.601. The molecule has 1 aromatic heterocycles. The van der Waals surface area contributed by atoms with E-state index in [2.05, 4.69) is 28.7 Å². The Morgan fingerprint density at radius 3 is 2.65 bits per heavy atom. The van der Waals surface area contributed by atoms with Gasteiger partial charge in [0.05, 0.1) is 0 Å². The molecule has 17 heavy (non-hydrogen) atoms. The second kappa shape index (κ2) is 5.67. The molecule has 3 nitrogen and oxygen atoms in total. The van der Waals surface area contributed by atoms with E-state index in [-0.39, 0.29) is 0 Å². The Morgan fingerprint density at radius 1 is 1.35 bits per heavy atom. The molecular weight excluding hydrogens is 234 g/mol. The average molecular weight is 254 g/mol. The van der Waals surface area contributed by atoms with Crippen molar-refractivity contribution in [3.05, 3.63) is 17.0 Å². The standard InChI is InChI=1S/C13H20ClN3/c1-3-11-12(14)15-9-16-13(11)17(4-2)8-10-6-5-7-10/h9-10H,3-8H2,1-2H3. The Balaban J connectivity index is 2.19. The molecule has 1 aliphatic rings. The zero-order valence-corrected chi connectivity index (χ0v) is 11.4. The normalized spacial score (nSPS) is 15.7. The molecule has 1 fully saturated rings. The van der Waals surface area contributed by atoms with Crippen molar-refractivity contribution in [2.75, 3.05) is 18.0 Å². The second-order valence-corrected chi connectivity index (χ2v) is 5.01. The summed E-state index contributed by atoms with van der Waals surface area (Å²) in [5, 5.41) is 0.601. The van der Waals surface area contributed by atoms with Crippen LogP contribution in [0.4, 0.5) is 5.82 Å². The molecule has 0 amide bonds. The van der Waals surface area contributed by atoms with E-state index in [4.69, 9.17) is 11.6 Å². The van der Waals surface area contributed by atoms with Crippen molar-refractivity contribution in [3.8, 4) is 0 Å². The van der Waals surface area contributed by atoms with Crippen LogP contribution in [-0.2, 0) is 6.42 Å². The van der Waals surface area contributed by atoms with Gasteiger partial charge in [-0.3, -0.25) is 0 Å². The summed E-state index contributed by atoms with van der Waals surface area (Å²) in [6, 6.07) is 0. The van der Waals surface area contributed by atoms with Gasteiger partial charge in [-0.1, -0.05) is 24.9 Å². The highest BCUT2D eigenvalue weighted by molar-refractivity contribution is 6.30. The van der Waals surface area contributed by atoms with Crippen LogP contribution < -0.4 is 4.90 Å². The minimum absolute atomic E-state index is 0.601. The van der Waals surface area contributed by atoms with Gasteiger partial charge in [-0.2, -0.15) is 0 Å². The maximum atomic E-state index is 6.14. The van der Waals surface area contributed by atoms with Crippen molar-refractivity contribution in [3.63, 3.8) is 0 Å². The van der Waals surface area contributed by atoms with Gasteiger partial charge in [0, 0.05) is 18.7 Å². The number of hydrogen-bond acceptors (Lipinski definition) is 3. The molecule has 2 rings (SSSR count). The number of aromatic nitrogens is 2. The molecule has 0 bridgehead atoms. The molecule has 1 saturated carbocycles. The molecule has 0 atom stereocenters. The Kier molecular flexibility index (Phi) is 4.21. The summed E-state index contributed by atoms with van der Waals surface area (Å²) in [5.74, 6) is 1.87. The topological polar surface area (TPSA) is 29.0 Å². The zero-order chi connectivity index (χ0) is 12.3. The quantitative estimate of drug-likeness (QED) is 0.754. The average Bonchev–Trinajstić information content (AvgIpc) is 2.28. The highest BCUT2D eigenvalue weighted by Gasteiger charge is 2.22. The van der Waals surface area contributed by atoms with E-state index in [1.807, 2.05) is 0 Å². The number of hydrogen-bond donors (Lipinski definition) is 0. The first-order valence-electron chi connectivity index (χ1n) is 6.50. The fraction of sp³-hybridized carbons (Fsp3) is 0.692. The molecule has 0 aromatic carbocycles. The van der Waals surface area contributed by atoms with E-state index >= 15 is 0 Å². The van der Waals surface area contributed by atoms with Gasteiger partial charge < -0.3 is 4.90 Å². The summed E-state index contributed by atoms with van der Waals surface area (Å²) in [7, 11) is 0. The maximum absolute atomic E-state index is 6.14. The van der Waals surface area contributed by atoms with Crippen LogP contribution in [0.5, 0.6) is 0 Å². The predicted molar refractivity (Wildman–Crippen MR) is 71.6 cm³/mol. The summed E-state index contributed by atoms with van der Waals surface area (Å²) in [4.78, 5) is 10.8. The first-order valence-corrected chi connectivity index (χ1v) is 6.88. The Hall–Kier alpha value is -0.830. The lowest BCUT2D eigenvalue weighted by Crippen LogP contribution is -2.33. The molecule has 0 N–H and O–H groups in total. The smallest absolute Gasteiger partial charge is 0.137 e. The van der Waals surface area contributed by atoms with E-state index in [9.17, 15) is 0 Å². The van der Waals surface area contributed by atoms with Crippen molar-refractivity contribution < 1.29 is 0 Å². The lowest BCUT2D eigenvalue weighted by atomic mass is 9.85. The van der Waals surface area contributed by atoms with Crippen LogP contribution in [-0.4, -0.2) is 23.1 Å². The molecule has 0 radical (unpaired) electrons. The fourth-order valence-electron chi connectivity index (χ4n) is 2.31. The predicted octanol–water partition coefficient (Wildman–Crippen LogP) is 3.32. The van der Waals surface area contributed by atoms with Gasteiger partial charge in [-0.15, -0.1) is 0 Å². The van der Waals surface area contributed by atoms with Crippen molar-refractivity contribution in [1.82, 2.24) is 9.97 Å². The lowest BCUT2D eigenvalue weighted by Gasteiger charge is -2.33. The van der Waals surface area contributed by atoms with Crippen LogP contribution >= 0.6 is 11.6 Å². The van der Waals surface area contributed by atoms with Crippen LogP contribution in [0.2, 0.25) is 5.15 Å². The third-order valence-electron chi connectivity index (χ3n) is 3.61. The molecular formula is C13H20ClN3. The summed E-state index contributed by atoms with van der Waals surface area (Å²) in [6.07, 6.45) is 6.55. The van der Waals surface area contributed by atoms with Crippen molar-refractivity contribution in [2.24, 2.45) is 5.92 Å². The lowest BCUT2D eigenvalue weighted by molar-refractivity contribution is 0.318. The number of anilines is 1. The number of halogens is 1. The molecule has 0 spiro atoms. The Morgan fingerprint density at radius 2 is 2.12 bits per heavy atom. The highest BCUT2D eigenvalue weighted by Crippen LogP contribution is 2.30. The van der Waals surface area contributed by atoms with Gasteiger partial charge in [0.1, 0.15) is 17.3 Å². The Bertz CT molecular complexity index is 377. The van der Waals surface area contributed by atoms with E-state index in [1.54, 1.807) is 6.33 Å².